The van der Waals surface area contributed by atoms with E-state index in [2.05, 4.69) is 0 Å². The van der Waals surface area contributed by atoms with Crippen molar-refractivity contribution in [1.29, 1.82) is 0 Å². The average molecular weight is 671 g/mol. The van der Waals surface area contributed by atoms with Crippen molar-refractivity contribution in [3.8, 4) is 0 Å². The summed E-state index contributed by atoms with van der Waals surface area (Å²) in [5.74, 6) is -75.4. The van der Waals surface area contributed by atoms with Gasteiger partial charge in [0.15, 0.2) is 0 Å². The first kappa shape index (κ1) is 37.9. The number of alkyl halides is 21. The standard InChI is InChI=1S/C13H6F21NO4S/c1-35(2-3(36)37)40(38,39)13(33,34)11(28,29)9(24,25)7(20,21)5(16,17)4(14,15)6(18,19)8(22,23)10(26,27)12(30,31)32/h2H2,1H3,(H,36,37). The second-order valence-electron chi connectivity index (χ2n) is 7.26. The van der Waals surface area contributed by atoms with Gasteiger partial charge >= 0.3 is 64.8 Å². The van der Waals surface area contributed by atoms with Crippen LogP contribution in [0.3, 0.4) is 0 Å². The quantitative estimate of drug-likeness (QED) is 0.276. The van der Waals surface area contributed by atoms with Crippen molar-refractivity contribution >= 4 is 16.0 Å². The molecule has 0 unspecified atom stereocenters. The summed E-state index contributed by atoms with van der Waals surface area (Å²) < 4.78 is 299. The van der Waals surface area contributed by atoms with Gasteiger partial charge in [-0.1, -0.05) is 0 Å². The minimum Gasteiger partial charge on any atom is -0.480 e. The molecule has 0 aliphatic rings. The molecule has 0 atom stereocenters. The van der Waals surface area contributed by atoms with Gasteiger partial charge in [-0.05, 0) is 0 Å². The summed E-state index contributed by atoms with van der Waals surface area (Å²) >= 11 is 0. The Kier molecular flexibility index (Phi) is 8.97. The zero-order valence-electron chi connectivity index (χ0n) is 17.7. The second kappa shape index (κ2) is 9.47. The number of halogens is 21. The minimum absolute atomic E-state index is 0.490. The Morgan fingerprint density at radius 1 is 0.525 bits per heavy atom. The zero-order chi connectivity index (χ0) is 33.4. The van der Waals surface area contributed by atoms with Crippen LogP contribution in [0.4, 0.5) is 92.2 Å². The van der Waals surface area contributed by atoms with Crippen LogP contribution < -0.4 is 0 Å². The van der Waals surface area contributed by atoms with Crippen molar-refractivity contribution in [2.75, 3.05) is 13.6 Å². The molecule has 5 nitrogen and oxygen atoms in total. The summed E-state index contributed by atoms with van der Waals surface area (Å²) in [5, 5.41) is 0.217. The number of rotatable bonds is 12. The van der Waals surface area contributed by atoms with Crippen LogP contribution in [0.1, 0.15) is 0 Å². The van der Waals surface area contributed by atoms with E-state index in [1.807, 2.05) is 0 Å². The molecule has 0 heterocycles. The van der Waals surface area contributed by atoms with Crippen LogP contribution in [-0.2, 0) is 14.8 Å². The second-order valence-corrected chi connectivity index (χ2v) is 9.35. The van der Waals surface area contributed by atoms with Gasteiger partial charge in [-0.25, -0.2) is 8.42 Å². The van der Waals surface area contributed by atoms with Crippen molar-refractivity contribution in [1.82, 2.24) is 4.31 Å². The number of sulfonamides is 1. The number of carbonyl (C=O) groups is 1. The predicted octanol–water partition coefficient (Wildman–Crippen LogP) is 5.57. The number of carboxylic acid groups (broad SMARTS) is 1. The van der Waals surface area contributed by atoms with Crippen LogP contribution in [0, 0.1) is 0 Å². The molecule has 240 valence electrons. The smallest absolute Gasteiger partial charge is 0.460 e. The van der Waals surface area contributed by atoms with Gasteiger partial charge in [0.05, 0.1) is 0 Å². The number of carboxylic acids is 1. The monoisotopic (exact) mass is 671 g/mol. The summed E-state index contributed by atoms with van der Waals surface area (Å²) in [6, 6.07) is 0. The lowest BCUT2D eigenvalue weighted by Gasteiger charge is -2.44. The highest BCUT2D eigenvalue weighted by Gasteiger charge is 2.98. The summed E-state index contributed by atoms with van der Waals surface area (Å²) in [4.78, 5) is 10.3. The molecule has 0 fully saturated rings. The number of hydrogen-bond acceptors (Lipinski definition) is 3. The van der Waals surface area contributed by atoms with Crippen LogP contribution in [0.15, 0.2) is 0 Å². The molecule has 0 saturated heterocycles. The molecule has 0 amide bonds. The van der Waals surface area contributed by atoms with Crippen LogP contribution in [-0.4, -0.2) is 96.2 Å². The first-order chi connectivity index (χ1) is 16.8. The lowest BCUT2D eigenvalue weighted by atomic mass is 9.87. The zero-order valence-corrected chi connectivity index (χ0v) is 18.5. The Labute approximate surface area is 204 Å². The summed E-state index contributed by atoms with van der Waals surface area (Å²) in [6.07, 6.45) is -8.11. The van der Waals surface area contributed by atoms with E-state index in [1.165, 1.54) is 0 Å². The lowest BCUT2D eigenvalue weighted by Crippen LogP contribution is -2.77. The van der Waals surface area contributed by atoms with E-state index in [0.717, 1.165) is 0 Å². The van der Waals surface area contributed by atoms with E-state index in [9.17, 15) is 105 Å². The maximum Gasteiger partial charge on any atom is 0.460 e. The van der Waals surface area contributed by atoms with E-state index in [-0.39, 0.29) is 0 Å². The fourth-order valence-electron chi connectivity index (χ4n) is 2.18. The molecule has 0 aliphatic heterocycles. The molecule has 0 aliphatic carbocycles. The van der Waals surface area contributed by atoms with E-state index >= 15 is 0 Å². The largest absolute Gasteiger partial charge is 0.480 e. The maximum atomic E-state index is 13.8. The molecule has 0 spiro atoms. The molecule has 0 radical (unpaired) electrons. The van der Waals surface area contributed by atoms with E-state index < -0.39 is 92.7 Å². The SMILES string of the molecule is CN(CC(=O)O)S(=O)(=O)C(F)(F)C(F)(F)C(F)(F)C(F)(F)C(F)(F)C(F)(F)C(F)(F)C(F)(F)C(F)(F)C(F)(F)F. The molecule has 0 aromatic rings. The summed E-state index contributed by atoms with van der Waals surface area (Å²) in [6.45, 7) is -2.42. The Morgan fingerprint density at radius 2 is 0.750 bits per heavy atom. The molecule has 0 aromatic heterocycles. The Hall–Kier alpha value is -2.09. The van der Waals surface area contributed by atoms with Crippen LogP contribution in [0.25, 0.3) is 0 Å². The van der Waals surface area contributed by atoms with Crippen molar-refractivity contribution in [2.45, 2.75) is 58.8 Å². The number of likely N-dealkylation sites (N-methyl/N-ethyl adjacent to an activating group) is 1. The van der Waals surface area contributed by atoms with Crippen LogP contribution in [0.2, 0.25) is 0 Å². The van der Waals surface area contributed by atoms with Crippen molar-refractivity contribution in [2.24, 2.45) is 0 Å². The molecule has 0 saturated carbocycles. The van der Waals surface area contributed by atoms with Crippen molar-refractivity contribution < 1.29 is 111 Å². The molecule has 1 N–H and O–H groups in total. The first-order valence-corrected chi connectivity index (χ1v) is 9.92. The molecule has 0 rings (SSSR count). The van der Waals surface area contributed by atoms with Gasteiger partial charge in [0.2, 0.25) is 0 Å². The van der Waals surface area contributed by atoms with Crippen molar-refractivity contribution in [3.63, 3.8) is 0 Å². The van der Waals surface area contributed by atoms with Gasteiger partial charge in [0.1, 0.15) is 6.54 Å². The van der Waals surface area contributed by atoms with Crippen molar-refractivity contribution in [3.05, 3.63) is 0 Å². The molecule has 0 bridgehead atoms. The highest BCUT2D eigenvalue weighted by Crippen LogP contribution is 2.66. The third-order valence-electron chi connectivity index (χ3n) is 4.57. The third kappa shape index (κ3) is 4.57. The molecular formula is C13H6F21NO4S. The average Bonchev–Trinajstić information content (AvgIpc) is 2.70. The summed E-state index contributed by atoms with van der Waals surface area (Å²) in [7, 11) is -8.26. The Balaban J connectivity index is 7.27. The fourth-order valence-corrected chi connectivity index (χ4v) is 3.30. The van der Waals surface area contributed by atoms with Gasteiger partial charge in [-0.3, -0.25) is 4.79 Å². The van der Waals surface area contributed by atoms with E-state index in [1.54, 1.807) is 0 Å². The van der Waals surface area contributed by atoms with Gasteiger partial charge in [0.25, 0.3) is 10.0 Å². The third-order valence-corrected chi connectivity index (χ3v) is 6.43. The number of nitrogens with zero attached hydrogens (tertiary/aromatic N) is 1. The topological polar surface area (TPSA) is 74.7 Å². The van der Waals surface area contributed by atoms with Crippen LogP contribution >= 0.6 is 0 Å². The maximum absolute atomic E-state index is 13.8. The lowest BCUT2D eigenvalue weighted by molar-refractivity contribution is -0.472. The molecule has 40 heavy (non-hydrogen) atoms. The van der Waals surface area contributed by atoms with E-state index in [4.69, 9.17) is 5.11 Å². The highest BCUT2D eigenvalue weighted by molar-refractivity contribution is 7.90. The minimum atomic E-state index is -9.42. The number of hydrogen-bond donors (Lipinski definition) is 1. The fraction of sp³-hybridized carbons (Fsp3) is 0.923. The number of aliphatic carboxylic acids is 1. The van der Waals surface area contributed by atoms with Gasteiger partial charge < -0.3 is 5.11 Å². The Morgan fingerprint density at radius 3 is 0.975 bits per heavy atom. The van der Waals surface area contributed by atoms with Gasteiger partial charge in [-0.15, -0.1) is 0 Å². The normalized spacial score (nSPS) is 16.5. The van der Waals surface area contributed by atoms with Crippen LogP contribution in [0.5, 0.6) is 0 Å². The molecular weight excluding hydrogens is 665 g/mol. The predicted molar refractivity (Wildman–Crippen MR) is 79.8 cm³/mol. The first-order valence-electron chi connectivity index (χ1n) is 8.48. The molecule has 0 aromatic carbocycles. The van der Waals surface area contributed by atoms with Gasteiger partial charge in [0, 0.05) is 7.05 Å². The molecule has 27 heteroatoms. The summed E-state index contributed by atoms with van der Waals surface area (Å²) in [5.41, 5.74) is 0. The Bertz CT molecular complexity index is 1080. The highest BCUT2D eigenvalue weighted by atomic mass is 32.2. The van der Waals surface area contributed by atoms with E-state index in [0.29, 0.717) is 0 Å². The van der Waals surface area contributed by atoms with Gasteiger partial charge in [-0.2, -0.15) is 96.5 Å².